The van der Waals surface area contributed by atoms with Crippen LogP contribution in [0.25, 0.3) is 0 Å². The van der Waals surface area contributed by atoms with Crippen LogP contribution >= 0.6 is 0 Å². The summed E-state index contributed by atoms with van der Waals surface area (Å²) in [5.41, 5.74) is 6.43. The van der Waals surface area contributed by atoms with Gasteiger partial charge in [-0.1, -0.05) is 12.1 Å². The fourth-order valence-electron chi connectivity index (χ4n) is 1.66. The number of benzene rings is 1. The minimum absolute atomic E-state index is 0.123. The second-order valence-electron chi connectivity index (χ2n) is 4.69. The molecule has 1 aromatic rings. The molecular weight excluding hydrogens is 268 g/mol. The summed E-state index contributed by atoms with van der Waals surface area (Å²) < 4.78 is 25.2. The number of phenolic OH excluding ortho intramolecular Hbond substituents is 1. The molecule has 1 aliphatic rings. The zero-order chi connectivity index (χ0) is 14.0. The summed E-state index contributed by atoms with van der Waals surface area (Å²) in [5, 5.41) is 8.68. The van der Waals surface area contributed by atoms with Crippen molar-refractivity contribution in [3.05, 3.63) is 29.8 Å². The number of hydrogen-bond donors (Lipinski definition) is 3. The van der Waals surface area contributed by atoms with Gasteiger partial charge in [-0.3, -0.25) is 9.52 Å². The van der Waals surface area contributed by atoms with Crippen LogP contribution < -0.4 is 10.5 Å². The molecule has 7 heteroatoms. The molecular formula is C12H16N2O4S. The van der Waals surface area contributed by atoms with Crippen molar-refractivity contribution in [3.63, 3.8) is 0 Å². The van der Waals surface area contributed by atoms with Crippen molar-refractivity contribution < 1.29 is 18.3 Å². The maximum atomic E-state index is 11.7. The zero-order valence-electron chi connectivity index (χ0n) is 10.2. The van der Waals surface area contributed by atoms with Gasteiger partial charge >= 0.3 is 0 Å². The lowest BCUT2D eigenvalue weighted by atomic mass is 10.1. The van der Waals surface area contributed by atoms with Crippen LogP contribution in [-0.4, -0.2) is 30.7 Å². The van der Waals surface area contributed by atoms with Gasteiger partial charge in [0.2, 0.25) is 10.0 Å². The van der Waals surface area contributed by atoms with Gasteiger partial charge in [0.1, 0.15) is 5.75 Å². The standard InChI is InChI=1S/C12H16N2O4S/c13-11(7-8-1-3-9(15)4-2-8)12(16)14-19(17,18)10-5-6-10/h1-4,10-11,15H,5-7,13H2,(H,14,16)/t11-/m1/s1. The Morgan fingerprint density at radius 3 is 2.47 bits per heavy atom. The minimum Gasteiger partial charge on any atom is -0.508 e. The molecule has 1 atom stereocenters. The van der Waals surface area contributed by atoms with Gasteiger partial charge in [-0.25, -0.2) is 8.42 Å². The number of nitrogens with two attached hydrogens (primary N) is 1. The Hall–Kier alpha value is -1.60. The first-order chi connectivity index (χ1) is 8.88. The van der Waals surface area contributed by atoms with Gasteiger partial charge in [0.05, 0.1) is 11.3 Å². The molecule has 6 nitrogen and oxygen atoms in total. The highest BCUT2D eigenvalue weighted by Gasteiger charge is 2.37. The molecule has 1 saturated carbocycles. The largest absolute Gasteiger partial charge is 0.508 e. The van der Waals surface area contributed by atoms with Crippen molar-refractivity contribution in [2.45, 2.75) is 30.6 Å². The molecule has 0 saturated heterocycles. The third-order valence-corrected chi connectivity index (χ3v) is 4.77. The zero-order valence-corrected chi connectivity index (χ0v) is 11.1. The average Bonchev–Trinajstić information content (AvgIpc) is 3.15. The van der Waals surface area contributed by atoms with Crippen LogP contribution in [0.5, 0.6) is 5.75 Å². The van der Waals surface area contributed by atoms with E-state index in [4.69, 9.17) is 10.8 Å². The summed E-state index contributed by atoms with van der Waals surface area (Å²) in [7, 11) is -3.55. The highest BCUT2D eigenvalue weighted by molar-refractivity contribution is 7.90. The summed E-state index contributed by atoms with van der Waals surface area (Å²) in [5.74, 6) is -0.571. The molecule has 2 rings (SSSR count). The first-order valence-electron chi connectivity index (χ1n) is 5.97. The van der Waals surface area contributed by atoms with E-state index in [9.17, 15) is 13.2 Å². The molecule has 0 unspecified atom stereocenters. The SMILES string of the molecule is N[C@H](Cc1ccc(O)cc1)C(=O)NS(=O)(=O)C1CC1. The number of aromatic hydroxyl groups is 1. The van der Waals surface area contributed by atoms with Gasteiger partial charge in [0, 0.05) is 0 Å². The Bertz CT molecular complexity index is 564. The van der Waals surface area contributed by atoms with E-state index in [-0.39, 0.29) is 12.2 Å². The Labute approximate surface area is 111 Å². The van der Waals surface area contributed by atoms with Crippen molar-refractivity contribution in [2.24, 2.45) is 5.73 Å². The highest BCUT2D eigenvalue weighted by Crippen LogP contribution is 2.27. The average molecular weight is 284 g/mol. The molecule has 19 heavy (non-hydrogen) atoms. The minimum atomic E-state index is -3.55. The van der Waals surface area contributed by atoms with Gasteiger partial charge in [-0.2, -0.15) is 0 Å². The Morgan fingerprint density at radius 1 is 1.37 bits per heavy atom. The van der Waals surface area contributed by atoms with E-state index < -0.39 is 27.2 Å². The van der Waals surface area contributed by atoms with Crippen molar-refractivity contribution >= 4 is 15.9 Å². The fraction of sp³-hybridized carbons (Fsp3) is 0.417. The first kappa shape index (κ1) is 13.8. The maximum absolute atomic E-state index is 11.7. The lowest BCUT2D eigenvalue weighted by molar-refractivity contribution is -0.120. The molecule has 0 bridgehead atoms. The molecule has 4 N–H and O–H groups in total. The van der Waals surface area contributed by atoms with Crippen LogP contribution in [0.15, 0.2) is 24.3 Å². The third kappa shape index (κ3) is 3.68. The molecule has 0 spiro atoms. The Morgan fingerprint density at radius 2 is 1.95 bits per heavy atom. The third-order valence-electron chi connectivity index (χ3n) is 2.93. The second kappa shape index (κ2) is 5.18. The van der Waals surface area contributed by atoms with Gasteiger partial charge in [-0.05, 0) is 37.0 Å². The van der Waals surface area contributed by atoms with E-state index >= 15 is 0 Å². The number of rotatable bonds is 5. The fourth-order valence-corrected chi connectivity index (χ4v) is 3.01. The summed E-state index contributed by atoms with van der Waals surface area (Å²) in [6.07, 6.45) is 1.40. The smallest absolute Gasteiger partial charge is 0.250 e. The number of hydrogen-bond acceptors (Lipinski definition) is 5. The van der Waals surface area contributed by atoms with Crippen molar-refractivity contribution in [3.8, 4) is 5.75 Å². The molecule has 104 valence electrons. The lowest BCUT2D eigenvalue weighted by Crippen LogP contribution is -2.45. The van der Waals surface area contributed by atoms with Gasteiger partial charge in [-0.15, -0.1) is 0 Å². The van der Waals surface area contributed by atoms with Crippen LogP contribution in [-0.2, 0) is 21.2 Å². The number of phenols is 1. The van der Waals surface area contributed by atoms with Gasteiger partial charge in [0.25, 0.3) is 5.91 Å². The second-order valence-corrected chi connectivity index (χ2v) is 6.65. The molecule has 1 amide bonds. The van der Waals surface area contributed by atoms with Crippen molar-refractivity contribution in [2.75, 3.05) is 0 Å². The monoisotopic (exact) mass is 284 g/mol. The van der Waals surface area contributed by atoms with Gasteiger partial charge in [0.15, 0.2) is 0 Å². The topological polar surface area (TPSA) is 109 Å². The van der Waals surface area contributed by atoms with Crippen LogP contribution in [0.3, 0.4) is 0 Å². The lowest BCUT2D eigenvalue weighted by Gasteiger charge is -2.12. The molecule has 1 aliphatic carbocycles. The normalized spacial score (nSPS) is 16.9. The molecule has 1 aromatic carbocycles. The molecule has 0 radical (unpaired) electrons. The van der Waals surface area contributed by atoms with E-state index in [0.29, 0.717) is 12.8 Å². The van der Waals surface area contributed by atoms with E-state index in [1.807, 2.05) is 4.72 Å². The number of amides is 1. The summed E-state index contributed by atoms with van der Waals surface area (Å²) in [6, 6.07) is 5.32. The molecule has 0 aliphatic heterocycles. The van der Waals surface area contributed by atoms with E-state index in [2.05, 4.69) is 0 Å². The van der Waals surface area contributed by atoms with Crippen molar-refractivity contribution in [1.82, 2.24) is 4.72 Å². The number of sulfonamides is 1. The molecule has 0 aromatic heterocycles. The van der Waals surface area contributed by atoms with E-state index in [0.717, 1.165) is 5.56 Å². The molecule has 0 heterocycles. The quantitative estimate of drug-likeness (QED) is 0.698. The Kier molecular flexibility index (Phi) is 3.77. The van der Waals surface area contributed by atoms with E-state index in [1.165, 1.54) is 12.1 Å². The first-order valence-corrected chi connectivity index (χ1v) is 7.52. The van der Waals surface area contributed by atoms with Crippen molar-refractivity contribution in [1.29, 1.82) is 0 Å². The predicted octanol–water partition coefficient (Wildman–Crippen LogP) is -0.130. The van der Waals surface area contributed by atoms with Crippen LogP contribution in [0, 0.1) is 0 Å². The number of nitrogens with one attached hydrogen (secondary N) is 1. The van der Waals surface area contributed by atoms with Crippen LogP contribution in [0.2, 0.25) is 0 Å². The highest BCUT2D eigenvalue weighted by atomic mass is 32.2. The van der Waals surface area contributed by atoms with Crippen LogP contribution in [0.4, 0.5) is 0 Å². The van der Waals surface area contributed by atoms with Crippen LogP contribution in [0.1, 0.15) is 18.4 Å². The summed E-state index contributed by atoms with van der Waals surface area (Å²) in [4.78, 5) is 11.7. The van der Waals surface area contributed by atoms with Gasteiger partial charge < -0.3 is 10.8 Å². The summed E-state index contributed by atoms with van der Waals surface area (Å²) in [6.45, 7) is 0. The Balaban J connectivity index is 1.94. The summed E-state index contributed by atoms with van der Waals surface area (Å²) >= 11 is 0. The predicted molar refractivity (Wildman–Crippen MR) is 69.9 cm³/mol. The molecule has 1 fully saturated rings. The maximum Gasteiger partial charge on any atom is 0.250 e. The van der Waals surface area contributed by atoms with E-state index in [1.54, 1.807) is 12.1 Å². The number of carbonyl (C=O) groups is 1. The number of carbonyl (C=O) groups excluding carboxylic acids is 1.